The van der Waals surface area contributed by atoms with E-state index < -0.39 is 5.91 Å². The molecular formula is C10H7IN2O2. The van der Waals surface area contributed by atoms with Crippen molar-refractivity contribution in [3.63, 3.8) is 0 Å². The van der Waals surface area contributed by atoms with Crippen molar-refractivity contribution in [3.05, 3.63) is 32.9 Å². The zero-order chi connectivity index (χ0) is 11.4. The summed E-state index contributed by atoms with van der Waals surface area (Å²) in [6.45, 7) is 0. The minimum absolute atomic E-state index is 0.114. The molecule has 5 heteroatoms. The Morgan fingerprint density at radius 2 is 2.27 bits per heavy atom. The number of amides is 1. The second-order valence-electron chi connectivity index (χ2n) is 2.74. The van der Waals surface area contributed by atoms with Gasteiger partial charge in [0.05, 0.1) is 3.57 Å². The van der Waals surface area contributed by atoms with Crippen molar-refractivity contribution in [3.8, 4) is 11.8 Å². The number of phenols is 1. The SMILES string of the molecule is N#C/C(=C\c1ccc(O)c(I)c1)C(N)=O. The number of halogens is 1. The van der Waals surface area contributed by atoms with Gasteiger partial charge in [0.1, 0.15) is 17.4 Å². The van der Waals surface area contributed by atoms with Crippen LogP contribution >= 0.6 is 22.6 Å². The summed E-state index contributed by atoms with van der Waals surface area (Å²) in [7, 11) is 0. The van der Waals surface area contributed by atoms with Crippen molar-refractivity contribution in [2.75, 3.05) is 0 Å². The van der Waals surface area contributed by atoms with Crippen LogP contribution in [0.3, 0.4) is 0 Å². The van der Waals surface area contributed by atoms with Crippen LogP contribution < -0.4 is 5.73 Å². The van der Waals surface area contributed by atoms with Crippen LogP contribution in [0.2, 0.25) is 0 Å². The highest BCUT2D eigenvalue weighted by Crippen LogP contribution is 2.21. The van der Waals surface area contributed by atoms with E-state index in [-0.39, 0.29) is 11.3 Å². The zero-order valence-electron chi connectivity index (χ0n) is 7.57. The van der Waals surface area contributed by atoms with Crippen LogP contribution in [0.15, 0.2) is 23.8 Å². The standard InChI is InChI=1S/C10H7IN2O2/c11-8-4-6(1-2-9(8)14)3-7(5-12)10(13)15/h1-4,14H,(H2,13,15)/b7-3+. The Hall–Kier alpha value is -1.55. The number of rotatable bonds is 2. The van der Waals surface area contributed by atoms with Gasteiger partial charge < -0.3 is 10.8 Å². The van der Waals surface area contributed by atoms with Gasteiger partial charge in [-0.15, -0.1) is 0 Å². The first-order valence-corrected chi connectivity index (χ1v) is 5.02. The lowest BCUT2D eigenvalue weighted by Gasteiger charge is -1.98. The minimum Gasteiger partial charge on any atom is -0.507 e. The van der Waals surface area contributed by atoms with Gasteiger partial charge in [0.25, 0.3) is 5.91 Å². The molecule has 0 atom stereocenters. The van der Waals surface area contributed by atoms with Crippen molar-refractivity contribution in [2.45, 2.75) is 0 Å². The molecule has 0 aliphatic heterocycles. The predicted molar refractivity (Wildman–Crippen MR) is 63.6 cm³/mol. The number of nitrogens with two attached hydrogens (primary N) is 1. The summed E-state index contributed by atoms with van der Waals surface area (Å²) in [5, 5.41) is 17.9. The van der Waals surface area contributed by atoms with Gasteiger partial charge in [-0.1, -0.05) is 6.07 Å². The number of carbonyl (C=O) groups is 1. The Bertz CT molecular complexity index is 475. The maximum absolute atomic E-state index is 10.8. The molecule has 0 aromatic heterocycles. The fraction of sp³-hybridized carbons (Fsp3) is 0. The molecule has 0 aliphatic rings. The number of nitriles is 1. The number of carbonyl (C=O) groups excluding carboxylic acids is 1. The van der Waals surface area contributed by atoms with E-state index in [1.165, 1.54) is 12.1 Å². The molecule has 1 amide bonds. The fourth-order valence-corrected chi connectivity index (χ4v) is 1.48. The predicted octanol–water partition coefficient (Wildman–Crippen LogP) is 1.39. The first-order chi connectivity index (χ1) is 7.04. The number of phenolic OH excluding ortho intramolecular Hbond substituents is 1. The normalized spacial score (nSPS) is 10.8. The third kappa shape index (κ3) is 2.95. The average molecular weight is 314 g/mol. The Morgan fingerprint density at radius 3 is 2.73 bits per heavy atom. The highest BCUT2D eigenvalue weighted by molar-refractivity contribution is 14.1. The second kappa shape index (κ2) is 4.79. The number of hydrogen-bond donors (Lipinski definition) is 2. The average Bonchev–Trinajstić information content (AvgIpc) is 2.19. The van der Waals surface area contributed by atoms with Crippen molar-refractivity contribution in [1.82, 2.24) is 0 Å². The summed E-state index contributed by atoms with van der Waals surface area (Å²) >= 11 is 1.95. The van der Waals surface area contributed by atoms with Crippen molar-refractivity contribution >= 4 is 34.6 Å². The maximum atomic E-state index is 10.8. The molecule has 0 saturated carbocycles. The molecule has 0 spiro atoms. The summed E-state index contributed by atoms with van der Waals surface area (Å²) < 4.78 is 0.642. The third-order valence-electron chi connectivity index (χ3n) is 1.67. The minimum atomic E-state index is -0.763. The molecule has 0 unspecified atom stereocenters. The molecule has 0 saturated heterocycles. The topological polar surface area (TPSA) is 87.1 Å². The first-order valence-electron chi connectivity index (χ1n) is 3.94. The Kier molecular flexibility index (Phi) is 3.68. The number of hydrogen-bond acceptors (Lipinski definition) is 3. The lowest BCUT2D eigenvalue weighted by molar-refractivity contribution is -0.114. The Labute approximate surface area is 100 Å². The Morgan fingerprint density at radius 1 is 1.60 bits per heavy atom. The van der Waals surface area contributed by atoms with Crippen molar-refractivity contribution < 1.29 is 9.90 Å². The van der Waals surface area contributed by atoms with Crippen LogP contribution in [0.5, 0.6) is 5.75 Å². The number of primary amides is 1. The molecule has 0 radical (unpaired) electrons. The van der Waals surface area contributed by atoms with E-state index in [2.05, 4.69) is 0 Å². The lowest BCUT2D eigenvalue weighted by atomic mass is 10.1. The van der Waals surface area contributed by atoms with E-state index in [1.807, 2.05) is 22.6 Å². The van der Waals surface area contributed by atoms with E-state index in [4.69, 9.17) is 11.0 Å². The second-order valence-corrected chi connectivity index (χ2v) is 3.91. The molecule has 1 aromatic rings. The number of aromatic hydroxyl groups is 1. The molecule has 76 valence electrons. The van der Waals surface area contributed by atoms with Crippen LogP contribution in [-0.2, 0) is 4.79 Å². The van der Waals surface area contributed by atoms with Gasteiger partial charge in [-0.05, 0) is 46.4 Å². The molecule has 0 aliphatic carbocycles. The molecular weight excluding hydrogens is 307 g/mol. The third-order valence-corrected chi connectivity index (χ3v) is 2.53. The van der Waals surface area contributed by atoms with E-state index in [9.17, 15) is 9.90 Å². The van der Waals surface area contributed by atoms with Crippen LogP contribution in [0.4, 0.5) is 0 Å². The van der Waals surface area contributed by atoms with Crippen LogP contribution in [0, 0.1) is 14.9 Å². The monoisotopic (exact) mass is 314 g/mol. The Balaban J connectivity index is 3.14. The molecule has 15 heavy (non-hydrogen) atoms. The highest BCUT2D eigenvalue weighted by atomic mass is 127. The smallest absolute Gasteiger partial charge is 0.259 e. The molecule has 4 nitrogen and oxygen atoms in total. The van der Waals surface area contributed by atoms with Gasteiger partial charge in [0.2, 0.25) is 0 Å². The van der Waals surface area contributed by atoms with Crippen LogP contribution in [-0.4, -0.2) is 11.0 Å². The van der Waals surface area contributed by atoms with Gasteiger partial charge in [-0.2, -0.15) is 5.26 Å². The van der Waals surface area contributed by atoms with Crippen molar-refractivity contribution in [1.29, 1.82) is 5.26 Å². The molecule has 1 aromatic carbocycles. The number of benzene rings is 1. The summed E-state index contributed by atoms with van der Waals surface area (Å²) in [5.41, 5.74) is 5.51. The van der Waals surface area contributed by atoms with E-state index in [0.717, 1.165) is 0 Å². The molecule has 0 heterocycles. The summed E-state index contributed by atoms with van der Waals surface area (Å²) in [6, 6.07) is 6.44. The van der Waals surface area contributed by atoms with Gasteiger partial charge >= 0.3 is 0 Å². The van der Waals surface area contributed by atoms with E-state index >= 15 is 0 Å². The quantitative estimate of drug-likeness (QED) is 0.491. The molecule has 0 fully saturated rings. The van der Waals surface area contributed by atoms with Gasteiger partial charge in [-0.3, -0.25) is 4.79 Å². The van der Waals surface area contributed by atoms with E-state index in [1.54, 1.807) is 18.2 Å². The fourth-order valence-electron chi connectivity index (χ4n) is 0.938. The number of nitrogens with zero attached hydrogens (tertiary/aromatic N) is 1. The zero-order valence-corrected chi connectivity index (χ0v) is 9.72. The van der Waals surface area contributed by atoms with Crippen molar-refractivity contribution in [2.24, 2.45) is 5.73 Å². The molecule has 1 rings (SSSR count). The van der Waals surface area contributed by atoms with Gasteiger partial charge in [0.15, 0.2) is 0 Å². The molecule has 3 N–H and O–H groups in total. The van der Waals surface area contributed by atoms with Gasteiger partial charge in [0, 0.05) is 0 Å². The lowest BCUT2D eigenvalue weighted by Crippen LogP contribution is -2.12. The summed E-state index contributed by atoms with van der Waals surface area (Å²) in [6.07, 6.45) is 1.38. The summed E-state index contributed by atoms with van der Waals surface area (Å²) in [5.74, 6) is -0.606. The maximum Gasteiger partial charge on any atom is 0.259 e. The highest BCUT2D eigenvalue weighted by Gasteiger charge is 2.04. The van der Waals surface area contributed by atoms with Crippen LogP contribution in [0.25, 0.3) is 6.08 Å². The van der Waals surface area contributed by atoms with Crippen LogP contribution in [0.1, 0.15) is 5.56 Å². The van der Waals surface area contributed by atoms with E-state index in [0.29, 0.717) is 9.13 Å². The van der Waals surface area contributed by atoms with Gasteiger partial charge in [-0.25, -0.2) is 0 Å². The molecule has 0 bridgehead atoms. The summed E-state index contributed by atoms with van der Waals surface area (Å²) in [4.78, 5) is 10.8. The first kappa shape index (κ1) is 11.5. The largest absolute Gasteiger partial charge is 0.507 e.